The first-order valence-electron chi connectivity index (χ1n) is 8.45. The molecule has 3 rings (SSSR count). The first-order chi connectivity index (χ1) is 11.5. The second-order valence-corrected chi connectivity index (χ2v) is 6.69. The molecule has 1 atom stereocenters. The fourth-order valence-corrected chi connectivity index (χ4v) is 2.62. The third kappa shape index (κ3) is 4.13. The maximum atomic E-state index is 13.2. The standard InChI is InChI=1S/C20H23FN2O/c1-13(2)15-4-3-5-18(12-15)22-19(20(24)23-17-10-11-17)14-6-8-16(21)9-7-14/h3-9,12-13,17,19,22H,10-11H2,1-2H3,(H,23,24)/t19-/m0/s1. The van der Waals surface area contributed by atoms with Gasteiger partial charge in [-0.25, -0.2) is 4.39 Å². The molecule has 0 heterocycles. The molecule has 2 N–H and O–H groups in total. The molecule has 0 bridgehead atoms. The van der Waals surface area contributed by atoms with Crippen LogP contribution in [-0.2, 0) is 4.79 Å². The van der Waals surface area contributed by atoms with E-state index in [0.717, 1.165) is 24.1 Å². The summed E-state index contributed by atoms with van der Waals surface area (Å²) >= 11 is 0. The van der Waals surface area contributed by atoms with Gasteiger partial charge < -0.3 is 10.6 Å². The molecule has 0 spiro atoms. The Morgan fingerprint density at radius 3 is 2.42 bits per heavy atom. The number of hydrogen-bond acceptors (Lipinski definition) is 2. The molecule has 0 aromatic heterocycles. The molecule has 2 aromatic rings. The Kier molecular flexibility index (Phi) is 4.84. The van der Waals surface area contributed by atoms with Crippen LogP contribution in [0.4, 0.5) is 10.1 Å². The predicted octanol–water partition coefficient (Wildman–Crippen LogP) is 4.38. The summed E-state index contributed by atoms with van der Waals surface area (Å²) in [5.74, 6) is 0.0391. The molecule has 4 heteroatoms. The normalized spacial score (nSPS) is 15.2. The zero-order chi connectivity index (χ0) is 17.1. The van der Waals surface area contributed by atoms with E-state index in [1.54, 1.807) is 12.1 Å². The van der Waals surface area contributed by atoms with Crippen LogP contribution < -0.4 is 10.6 Å². The van der Waals surface area contributed by atoms with Gasteiger partial charge in [0.25, 0.3) is 0 Å². The van der Waals surface area contributed by atoms with Crippen LogP contribution in [0.25, 0.3) is 0 Å². The third-order valence-corrected chi connectivity index (χ3v) is 4.25. The minimum absolute atomic E-state index is 0.0703. The van der Waals surface area contributed by atoms with Crippen molar-refractivity contribution < 1.29 is 9.18 Å². The highest BCUT2D eigenvalue weighted by Gasteiger charge is 2.28. The number of carbonyl (C=O) groups is 1. The van der Waals surface area contributed by atoms with Gasteiger partial charge >= 0.3 is 0 Å². The molecular weight excluding hydrogens is 303 g/mol. The first kappa shape index (κ1) is 16.5. The minimum atomic E-state index is -0.534. The number of anilines is 1. The Balaban J connectivity index is 1.84. The lowest BCUT2D eigenvalue weighted by atomic mass is 10.0. The van der Waals surface area contributed by atoms with E-state index in [4.69, 9.17) is 0 Å². The summed E-state index contributed by atoms with van der Waals surface area (Å²) in [5, 5.41) is 6.34. The van der Waals surface area contributed by atoms with Crippen LogP contribution >= 0.6 is 0 Å². The summed E-state index contributed by atoms with van der Waals surface area (Å²) in [6.07, 6.45) is 2.06. The number of hydrogen-bond donors (Lipinski definition) is 2. The molecule has 126 valence electrons. The van der Waals surface area contributed by atoms with E-state index in [2.05, 4.69) is 36.6 Å². The molecule has 0 saturated heterocycles. The predicted molar refractivity (Wildman–Crippen MR) is 94.5 cm³/mol. The molecule has 1 fully saturated rings. The second-order valence-electron chi connectivity index (χ2n) is 6.69. The number of carbonyl (C=O) groups excluding carboxylic acids is 1. The van der Waals surface area contributed by atoms with Gasteiger partial charge in [0.2, 0.25) is 5.91 Å². The highest BCUT2D eigenvalue weighted by Crippen LogP contribution is 2.26. The van der Waals surface area contributed by atoms with Gasteiger partial charge in [-0.2, -0.15) is 0 Å². The van der Waals surface area contributed by atoms with E-state index in [-0.39, 0.29) is 17.8 Å². The highest BCUT2D eigenvalue weighted by molar-refractivity contribution is 5.86. The molecule has 0 unspecified atom stereocenters. The van der Waals surface area contributed by atoms with Crippen LogP contribution in [0.5, 0.6) is 0 Å². The Hall–Kier alpha value is -2.36. The highest BCUT2D eigenvalue weighted by atomic mass is 19.1. The van der Waals surface area contributed by atoms with Crippen molar-refractivity contribution in [1.29, 1.82) is 0 Å². The first-order valence-corrected chi connectivity index (χ1v) is 8.45. The van der Waals surface area contributed by atoms with Crippen molar-refractivity contribution in [3.63, 3.8) is 0 Å². The Morgan fingerprint density at radius 1 is 1.08 bits per heavy atom. The molecule has 3 nitrogen and oxygen atoms in total. The van der Waals surface area contributed by atoms with Gasteiger partial charge in [0.1, 0.15) is 11.9 Å². The van der Waals surface area contributed by atoms with Crippen molar-refractivity contribution in [1.82, 2.24) is 5.32 Å². The molecule has 0 radical (unpaired) electrons. The fourth-order valence-electron chi connectivity index (χ4n) is 2.62. The van der Waals surface area contributed by atoms with Crippen molar-refractivity contribution >= 4 is 11.6 Å². The van der Waals surface area contributed by atoms with Crippen LogP contribution in [0.3, 0.4) is 0 Å². The molecule has 1 amide bonds. The number of nitrogens with one attached hydrogen (secondary N) is 2. The summed E-state index contributed by atoms with van der Waals surface area (Å²) < 4.78 is 13.2. The van der Waals surface area contributed by atoms with Gasteiger partial charge in [-0.1, -0.05) is 38.1 Å². The van der Waals surface area contributed by atoms with Crippen molar-refractivity contribution in [2.45, 2.75) is 44.7 Å². The average molecular weight is 326 g/mol. The Morgan fingerprint density at radius 2 is 1.79 bits per heavy atom. The summed E-state index contributed by atoms with van der Waals surface area (Å²) in [4.78, 5) is 12.6. The van der Waals surface area contributed by atoms with Crippen LogP contribution in [0.15, 0.2) is 48.5 Å². The molecule has 0 aliphatic heterocycles. The topological polar surface area (TPSA) is 41.1 Å². The monoisotopic (exact) mass is 326 g/mol. The van der Waals surface area contributed by atoms with Crippen LogP contribution in [0.1, 0.15) is 49.8 Å². The van der Waals surface area contributed by atoms with E-state index >= 15 is 0 Å². The van der Waals surface area contributed by atoms with Gasteiger partial charge in [-0.15, -0.1) is 0 Å². The lowest BCUT2D eigenvalue weighted by Gasteiger charge is -2.21. The van der Waals surface area contributed by atoms with Gasteiger partial charge in [0, 0.05) is 11.7 Å². The summed E-state index contributed by atoms with van der Waals surface area (Å²) in [6.45, 7) is 4.27. The van der Waals surface area contributed by atoms with Gasteiger partial charge in [-0.05, 0) is 54.2 Å². The smallest absolute Gasteiger partial charge is 0.247 e. The lowest BCUT2D eigenvalue weighted by molar-refractivity contribution is -0.122. The minimum Gasteiger partial charge on any atom is -0.370 e. The van der Waals surface area contributed by atoms with Crippen LogP contribution in [0.2, 0.25) is 0 Å². The average Bonchev–Trinajstić information content (AvgIpc) is 3.38. The molecule has 1 aliphatic carbocycles. The quantitative estimate of drug-likeness (QED) is 0.827. The van der Waals surface area contributed by atoms with E-state index in [9.17, 15) is 9.18 Å². The largest absolute Gasteiger partial charge is 0.370 e. The molecular formula is C20H23FN2O. The van der Waals surface area contributed by atoms with E-state index < -0.39 is 6.04 Å². The van der Waals surface area contributed by atoms with Crippen molar-refractivity contribution in [2.75, 3.05) is 5.32 Å². The fraction of sp³-hybridized carbons (Fsp3) is 0.350. The molecule has 24 heavy (non-hydrogen) atoms. The van der Waals surface area contributed by atoms with Crippen molar-refractivity contribution in [3.05, 3.63) is 65.5 Å². The summed E-state index contributed by atoms with van der Waals surface area (Å²) in [5.41, 5.74) is 2.85. The van der Waals surface area contributed by atoms with Crippen molar-refractivity contribution in [2.24, 2.45) is 0 Å². The summed E-state index contributed by atoms with van der Waals surface area (Å²) in [7, 11) is 0. The molecule has 1 saturated carbocycles. The Bertz CT molecular complexity index is 708. The number of amides is 1. The van der Waals surface area contributed by atoms with Crippen molar-refractivity contribution in [3.8, 4) is 0 Å². The summed E-state index contributed by atoms with van der Waals surface area (Å²) in [6, 6.07) is 13.9. The number of halogens is 1. The Labute approximate surface area is 142 Å². The van der Waals surface area contributed by atoms with E-state index in [1.807, 2.05) is 12.1 Å². The van der Waals surface area contributed by atoms with Crippen LogP contribution in [-0.4, -0.2) is 11.9 Å². The maximum absolute atomic E-state index is 13.2. The van der Waals surface area contributed by atoms with E-state index in [1.165, 1.54) is 17.7 Å². The molecule has 1 aliphatic rings. The number of rotatable bonds is 6. The zero-order valence-corrected chi connectivity index (χ0v) is 14.1. The van der Waals surface area contributed by atoms with Gasteiger partial charge in [0.05, 0.1) is 0 Å². The second kappa shape index (κ2) is 7.04. The lowest BCUT2D eigenvalue weighted by Crippen LogP contribution is -2.34. The van der Waals surface area contributed by atoms with Gasteiger partial charge in [0.15, 0.2) is 0 Å². The third-order valence-electron chi connectivity index (χ3n) is 4.25. The van der Waals surface area contributed by atoms with E-state index in [0.29, 0.717) is 5.92 Å². The number of benzene rings is 2. The van der Waals surface area contributed by atoms with Crippen LogP contribution in [0, 0.1) is 5.82 Å². The SMILES string of the molecule is CC(C)c1cccc(N[C@H](C(=O)NC2CC2)c2ccc(F)cc2)c1. The van der Waals surface area contributed by atoms with Gasteiger partial charge in [-0.3, -0.25) is 4.79 Å². The molecule has 2 aromatic carbocycles. The zero-order valence-electron chi connectivity index (χ0n) is 14.1. The maximum Gasteiger partial charge on any atom is 0.247 e.